The van der Waals surface area contributed by atoms with Crippen molar-refractivity contribution < 1.29 is 0 Å². The van der Waals surface area contributed by atoms with Gasteiger partial charge in [-0.3, -0.25) is 14.6 Å². The van der Waals surface area contributed by atoms with Crippen LogP contribution in [0.3, 0.4) is 0 Å². The molecular weight excluding hydrogens is 388 g/mol. The second-order valence-electron chi connectivity index (χ2n) is 7.98. The van der Waals surface area contributed by atoms with E-state index in [9.17, 15) is 0 Å². The number of unbranched alkanes of at least 4 members (excludes halogenated alkanes) is 1. The molecule has 1 aliphatic heterocycles. The van der Waals surface area contributed by atoms with E-state index in [1.165, 1.54) is 12.0 Å². The van der Waals surface area contributed by atoms with Gasteiger partial charge in [-0.05, 0) is 44.9 Å². The van der Waals surface area contributed by atoms with Crippen LogP contribution >= 0.6 is 0 Å². The molecule has 160 valence electrons. The fourth-order valence-electron chi connectivity index (χ4n) is 3.97. The average molecular weight is 417 g/mol. The topological polar surface area (TPSA) is 95.6 Å². The predicted octanol–water partition coefficient (Wildman–Crippen LogP) is 4.13. The van der Waals surface area contributed by atoms with Crippen LogP contribution < -0.4 is 5.32 Å². The Kier molecular flexibility index (Phi) is 6.53. The Labute approximate surface area is 183 Å². The van der Waals surface area contributed by atoms with Crippen LogP contribution in [0, 0.1) is 18.3 Å². The summed E-state index contributed by atoms with van der Waals surface area (Å²) in [5.41, 5.74) is 4.57. The molecule has 0 saturated carbocycles. The summed E-state index contributed by atoms with van der Waals surface area (Å²) < 4.78 is 2.08. The Morgan fingerprint density at radius 3 is 2.81 bits per heavy atom. The Morgan fingerprint density at radius 2 is 2.10 bits per heavy atom. The Morgan fingerprint density at radius 1 is 1.19 bits per heavy atom. The summed E-state index contributed by atoms with van der Waals surface area (Å²) in [5, 5.41) is 16.7. The van der Waals surface area contributed by atoms with Crippen LogP contribution in [0.25, 0.3) is 0 Å². The maximum atomic E-state index is 8.85. The largest absolute Gasteiger partial charge is 0.338 e. The minimum Gasteiger partial charge on any atom is -0.338 e. The van der Waals surface area contributed by atoms with Crippen molar-refractivity contribution in [1.82, 2.24) is 29.6 Å². The number of hydrogen-bond acceptors (Lipinski definition) is 7. The van der Waals surface area contributed by atoms with Gasteiger partial charge in [0.2, 0.25) is 0 Å². The third-order valence-corrected chi connectivity index (χ3v) is 5.69. The van der Waals surface area contributed by atoms with Crippen molar-refractivity contribution in [3.05, 3.63) is 59.6 Å². The second kappa shape index (κ2) is 9.67. The highest BCUT2D eigenvalue weighted by atomic mass is 15.3. The highest BCUT2D eigenvalue weighted by Gasteiger charge is 2.28. The molecule has 1 atom stereocenters. The SMILES string of the molecule is CCCCn1cc(CN2CCCC2c2cnc(Nc3ccc(C#N)nc3)cn2)c(C)n1. The normalized spacial score (nSPS) is 16.4. The van der Waals surface area contributed by atoms with Crippen LogP contribution in [0.1, 0.15) is 61.3 Å². The third kappa shape index (κ3) is 5.06. The summed E-state index contributed by atoms with van der Waals surface area (Å²) in [5.74, 6) is 0.660. The number of rotatable bonds is 8. The minimum atomic E-state index is 0.275. The molecule has 0 aromatic carbocycles. The molecule has 3 aromatic heterocycles. The van der Waals surface area contributed by atoms with Gasteiger partial charge in [-0.1, -0.05) is 13.3 Å². The fourth-order valence-corrected chi connectivity index (χ4v) is 3.97. The lowest BCUT2D eigenvalue weighted by molar-refractivity contribution is 0.243. The first-order valence-corrected chi connectivity index (χ1v) is 10.9. The van der Waals surface area contributed by atoms with Crippen LogP contribution in [0.2, 0.25) is 0 Å². The number of nitriles is 1. The lowest BCUT2D eigenvalue weighted by Crippen LogP contribution is -2.23. The fraction of sp³-hybridized carbons (Fsp3) is 0.435. The van der Waals surface area contributed by atoms with E-state index in [0.717, 1.165) is 56.0 Å². The lowest BCUT2D eigenvalue weighted by Gasteiger charge is -2.23. The molecule has 8 nitrogen and oxygen atoms in total. The smallest absolute Gasteiger partial charge is 0.148 e. The molecule has 1 fully saturated rings. The van der Waals surface area contributed by atoms with E-state index in [0.29, 0.717) is 11.5 Å². The molecule has 1 unspecified atom stereocenters. The monoisotopic (exact) mass is 416 g/mol. The van der Waals surface area contributed by atoms with Gasteiger partial charge >= 0.3 is 0 Å². The molecule has 0 aliphatic carbocycles. The van der Waals surface area contributed by atoms with Crippen molar-refractivity contribution in [2.24, 2.45) is 0 Å². The van der Waals surface area contributed by atoms with Crippen LogP contribution in [0.15, 0.2) is 36.9 Å². The molecule has 8 heteroatoms. The number of nitrogens with one attached hydrogen (secondary N) is 1. The Hall–Kier alpha value is -3.31. The maximum Gasteiger partial charge on any atom is 0.148 e. The first kappa shape index (κ1) is 20.9. The molecule has 0 amide bonds. The number of nitrogens with zero attached hydrogens (tertiary/aromatic N) is 7. The van der Waals surface area contributed by atoms with E-state index < -0.39 is 0 Å². The molecule has 3 aromatic rings. The van der Waals surface area contributed by atoms with E-state index in [1.54, 1.807) is 18.5 Å². The molecule has 0 radical (unpaired) electrons. The molecular formula is C23H28N8. The van der Waals surface area contributed by atoms with Gasteiger partial charge in [-0.15, -0.1) is 0 Å². The van der Waals surface area contributed by atoms with Crippen LogP contribution in [-0.4, -0.2) is 36.2 Å². The quantitative estimate of drug-likeness (QED) is 0.590. The first-order chi connectivity index (χ1) is 15.2. The number of aromatic nitrogens is 5. The van der Waals surface area contributed by atoms with Crippen molar-refractivity contribution in [3.8, 4) is 6.07 Å². The Balaban J connectivity index is 1.41. The molecule has 0 bridgehead atoms. The zero-order chi connectivity index (χ0) is 21.6. The molecule has 0 spiro atoms. The van der Waals surface area contributed by atoms with Crippen LogP contribution in [0.5, 0.6) is 0 Å². The van der Waals surface area contributed by atoms with Crippen molar-refractivity contribution in [3.63, 3.8) is 0 Å². The summed E-state index contributed by atoms with van der Waals surface area (Å²) >= 11 is 0. The van der Waals surface area contributed by atoms with E-state index in [1.807, 2.05) is 18.3 Å². The first-order valence-electron chi connectivity index (χ1n) is 10.9. The molecule has 1 N–H and O–H groups in total. The molecule has 1 saturated heterocycles. The predicted molar refractivity (Wildman–Crippen MR) is 119 cm³/mol. The van der Waals surface area contributed by atoms with Crippen molar-refractivity contribution in [2.75, 3.05) is 11.9 Å². The van der Waals surface area contributed by atoms with Crippen molar-refractivity contribution >= 4 is 11.5 Å². The van der Waals surface area contributed by atoms with Crippen molar-refractivity contribution in [1.29, 1.82) is 5.26 Å². The van der Waals surface area contributed by atoms with Gasteiger partial charge in [-0.25, -0.2) is 9.97 Å². The zero-order valence-electron chi connectivity index (χ0n) is 18.1. The summed E-state index contributed by atoms with van der Waals surface area (Å²) in [4.78, 5) is 15.8. The van der Waals surface area contributed by atoms with Gasteiger partial charge in [0.15, 0.2) is 0 Å². The lowest BCUT2D eigenvalue weighted by atomic mass is 10.1. The zero-order valence-corrected chi connectivity index (χ0v) is 18.1. The second-order valence-corrected chi connectivity index (χ2v) is 7.98. The number of anilines is 2. The summed E-state index contributed by atoms with van der Waals surface area (Å²) in [7, 11) is 0. The van der Waals surface area contributed by atoms with Crippen LogP contribution in [-0.2, 0) is 13.1 Å². The van der Waals surface area contributed by atoms with Gasteiger partial charge in [0.05, 0.1) is 41.7 Å². The molecule has 31 heavy (non-hydrogen) atoms. The Bertz CT molecular complexity index is 1030. The average Bonchev–Trinajstić information content (AvgIpc) is 3.40. The summed E-state index contributed by atoms with van der Waals surface area (Å²) in [6, 6.07) is 5.77. The maximum absolute atomic E-state index is 8.85. The van der Waals surface area contributed by atoms with Gasteiger partial charge < -0.3 is 5.32 Å². The summed E-state index contributed by atoms with van der Waals surface area (Å²) in [6.45, 7) is 7.23. The summed E-state index contributed by atoms with van der Waals surface area (Å²) in [6.07, 6.45) is 12.0. The minimum absolute atomic E-state index is 0.275. The van der Waals surface area contributed by atoms with E-state index in [-0.39, 0.29) is 6.04 Å². The van der Waals surface area contributed by atoms with Crippen molar-refractivity contribution in [2.45, 2.75) is 58.7 Å². The highest BCUT2D eigenvalue weighted by molar-refractivity contribution is 5.54. The molecule has 4 heterocycles. The number of pyridine rings is 1. The number of aryl methyl sites for hydroxylation is 2. The van der Waals surface area contributed by atoms with Gasteiger partial charge in [0.25, 0.3) is 0 Å². The van der Waals surface area contributed by atoms with E-state index in [2.05, 4.69) is 50.0 Å². The number of likely N-dealkylation sites (tertiary alicyclic amines) is 1. The van der Waals surface area contributed by atoms with E-state index in [4.69, 9.17) is 10.2 Å². The van der Waals surface area contributed by atoms with Gasteiger partial charge in [0, 0.05) is 24.8 Å². The third-order valence-electron chi connectivity index (χ3n) is 5.69. The molecule has 1 aliphatic rings. The van der Waals surface area contributed by atoms with Gasteiger partial charge in [0.1, 0.15) is 17.6 Å². The number of hydrogen-bond donors (Lipinski definition) is 1. The van der Waals surface area contributed by atoms with E-state index >= 15 is 0 Å². The molecule has 4 rings (SSSR count). The van der Waals surface area contributed by atoms with Crippen LogP contribution in [0.4, 0.5) is 11.5 Å². The standard InChI is InChI=1S/C23H28N8/c1-3-4-10-31-16-18(17(2)29-31)15-30-9-5-6-22(30)21-13-27-23(14-26-21)28-20-8-7-19(11-24)25-12-20/h7-8,12-14,16,22H,3-6,9-10,15H2,1-2H3,(H,27,28). The highest BCUT2D eigenvalue weighted by Crippen LogP contribution is 2.32. The van der Waals surface area contributed by atoms with Gasteiger partial charge in [-0.2, -0.15) is 10.4 Å².